The smallest absolute Gasteiger partial charge is 0.148 e. The molecule has 0 aliphatic rings. The van der Waals surface area contributed by atoms with Gasteiger partial charge in [-0.3, -0.25) is 4.57 Å². The fraction of sp³-hybridized carbons (Fsp3) is 0.222. The second-order valence-electron chi connectivity index (χ2n) is 8.32. The maximum Gasteiger partial charge on any atom is 0.148 e. The van der Waals surface area contributed by atoms with Crippen molar-refractivity contribution in [3.8, 4) is 34.0 Å². The molecule has 0 aliphatic heterocycles. The molecule has 0 amide bonds. The van der Waals surface area contributed by atoms with Gasteiger partial charge in [0.15, 0.2) is 0 Å². The van der Waals surface area contributed by atoms with Crippen molar-refractivity contribution in [3.63, 3.8) is 0 Å². The zero-order valence-electron chi connectivity index (χ0n) is 18.0. The summed E-state index contributed by atoms with van der Waals surface area (Å²) in [6.45, 7) is 8.92. The van der Waals surface area contributed by atoms with E-state index < -0.39 is 0 Å². The fourth-order valence-corrected chi connectivity index (χ4v) is 3.98. The molecule has 0 bridgehead atoms. The molecule has 30 heavy (non-hydrogen) atoms. The van der Waals surface area contributed by atoms with E-state index in [1.54, 1.807) is 12.3 Å². The number of phenols is 1. The van der Waals surface area contributed by atoms with Crippen LogP contribution in [0.1, 0.15) is 50.7 Å². The highest BCUT2D eigenvalue weighted by atomic mass is 16.3. The van der Waals surface area contributed by atoms with Crippen LogP contribution >= 0.6 is 0 Å². The van der Waals surface area contributed by atoms with Crippen molar-refractivity contribution in [1.29, 1.82) is 0 Å². The van der Waals surface area contributed by atoms with Crippen LogP contribution in [-0.4, -0.2) is 14.7 Å². The third-order valence-corrected chi connectivity index (χ3v) is 5.55. The van der Waals surface area contributed by atoms with E-state index >= 15 is 0 Å². The minimum absolute atomic E-state index is 0.239. The zero-order valence-corrected chi connectivity index (χ0v) is 18.0. The Hall–Kier alpha value is -3.33. The van der Waals surface area contributed by atoms with Gasteiger partial charge in [0, 0.05) is 12.4 Å². The Kier molecular flexibility index (Phi) is 5.45. The average molecular weight is 397 g/mol. The summed E-state index contributed by atoms with van der Waals surface area (Å²) in [4.78, 5) is 4.61. The molecule has 0 spiro atoms. The zero-order chi connectivity index (χ0) is 21.3. The summed E-state index contributed by atoms with van der Waals surface area (Å²) in [6, 6.07) is 22.5. The van der Waals surface area contributed by atoms with Crippen molar-refractivity contribution in [2.24, 2.45) is 0 Å². The van der Waals surface area contributed by atoms with Gasteiger partial charge in [0.1, 0.15) is 11.6 Å². The third kappa shape index (κ3) is 3.63. The Balaban J connectivity index is 2.00. The van der Waals surface area contributed by atoms with E-state index in [1.165, 1.54) is 22.3 Å². The van der Waals surface area contributed by atoms with Crippen LogP contribution in [0.5, 0.6) is 5.75 Å². The first-order chi connectivity index (χ1) is 14.5. The summed E-state index contributed by atoms with van der Waals surface area (Å²) in [5, 5.41) is 10.5. The first kappa shape index (κ1) is 20.0. The monoisotopic (exact) mass is 396 g/mol. The number of nitrogens with zero attached hydrogens (tertiary/aromatic N) is 2. The van der Waals surface area contributed by atoms with Gasteiger partial charge < -0.3 is 5.11 Å². The molecule has 0 saturated carbocycles. The number of aromatic nitrogens is 2. The van der Waals surface area contributed by atoms with E-state index in [0.717, 1.165) is 17.1 Å². The quantitative estimate of drug-likeness (QED) is 0.389. The highest BCUT2D eigenvalue weighted by Gasteiger charge is 2.21. The second kappa shape index (κ2) is 8.19. The van der Waals surface area contributed by atoms with Gasteiger partial charge in [0.05, 0.1) is 11.3 Å². The van der Waals surface area contributed by atoms with Gasteiger partial charge in [0.25, 0.3) is 0 Å². The molecule has 0 atom stereocenters. The molecule has 0 radical (unpaired) electrons. The van der Waals surface area contributed by atoms with Gasteiger partial charge in [-0.2, -0.15) is 0 Å². The Morgan fingerprint density at radius 2 is 1.37 bits per heavy atom. The Labute approximate surface area is 178 Å². The van der Waals surface area contributed by atoms with Gasteiger partial charge in [-0.25, -0.2) is 4.98 Å². The molecule has 1 heterocycles. The Morgan fingerprint density at radius 1 is 0.767 bits per heavy atom. The summed E-state index contributed by atoms with van der Waals surface area (Å²) in [5.74, 6) is 1.66. The van der Waals surface area contributed by atoms with E-state index in [4.69, 9.17) is 0 Å². The highest BCUT2D eigenvalue weighted by molar-refractivity contribution is 5.72. The number of imidazole rings is 1. The number of para-hydroxylation sites is 1. The largest absolute Gasteiger partial charge is 0.507 e. The molecule has 3 heteroatoms. The number of benzene rings is 3. The lowest BCUT2D eigenvalue weighted by Crippen LogP contribution is -2.08. The molecule has 0 fully saturated rings. The topological polar surface area (TPSA) is 38.0 Å². The van der Waals surface area contributed by atoms with Gasteiger partial charge in [-0.15, -0.1) is 0 Å². The fourth-order valence-electron chi connectivity index (χ4n) is 3.98. The molecule has 1 N–H and O–H groups in total. The van der Waals surface area contributed by atoms with Crippen LogP contribution in [0.2, 0.25) is 0 Å². The molecule has 3 aromatic carbocycles. The Bertz CT molecular complexity index is 1130. The predicted molar refractivity (Wildman–Crippen MR) is 124 cm³/mol. The van der Waals surface area contributed by atoms with Crippen LogP contribution in [0, 0.1) is 0 Å². The van der Waals surface area contributed by atoms with Crippen molar-refractivity contribution in [1.82, 2.24) is 9.55 Å². The van der Waals surface area contributed by atoms with E-state index in [1.807, 2.05) is 24.4 Å². The first-order valence-electron chi connectivity index (χ1n) is 10.5. The molecule has 0 saturated heterocycles. The number of hydrogen-bond acceptors (Lipinski definition) is 2. The summed E-state index contributed by atoms with van der Waals surface area (Å²) in [7, 11) is 0. The third-order valence-electron chi connectivity index (χ3n) is 5.55. The second-order valence-corrected chi connectivity index (χ2v) is 8.32. The summed E-state index contributed by atoms with van der Waals surface area (Å²) < 4.78 is 2.13. The number of rotatable bonds is 5. The number of phenolic OH excluding ortho intramolecular Hbond substituents is 1. The van der Waals surface area contributed by atoms with Crippen molar-refractivity contribution in [2.45, 2.75) is 39.5 Å². The van der Waals surface area contributed by atoms with Crippen molar-refractivity contribution in [3.05, 3.63) is 90.3 Å². The molecule has 0 unspecified atom stereocenters. The van der Waals surface area contributed by atoms with Crippen LogP contribution in [-0.2, 0) is 0 Å². The van der Waals surface area contributed by atoms with E-state index in [-0.39, 0.29) is 5.75 Å². The average Bonchev–Trinajstić information content (AvgIpc) is 3.22. The maximum atomic E-state index is 10.5. The van der Waals surface area contributed by atoms with Crippen molar-refractivity contribution >= 4 is 0 Å². The van der Waals surface area contributed by atoms with Crippen LogP contribution in [0.4, 0.5) is 0 Å². The molecular weight excluding hydrogens is 368 g/mol. The van der Waals surface area contributed by atoms with Gasteiger partial charge in [-0.05, 0) is 58.4 Å². The van der Waals surface area contributed by atoms with Crippen molar-refractivity contribution in [2.75, 3.05) is 0 Å². The Morgan fingerprint density at radius 3 is 1.97 bits per heavy atom. The lowest BCUT2D eigenvalue weighted by Gasteiger charge is -2.24. The van der Waals surface area contributed by atoms with Crippen molar-refractivity contribution < 1.29 is 5.11 Å². The lowest BCUT2D eigenvalue weighted by atomic mass is 9.88. The number of aromatic hydroxyl groups is 1. The summed E-state index contributed by atoms with van der Waals surface area (Å²) in [6.07, 6.45) is 3.80. The molecule has 0 aliphatic carbocycles. The SMILES string of the molecule is CC(C)c1cc(-c2ccccc2)cc(C(C)C)c1-n1ccnc1-c1ccccc1O. The molecule has 3 nitrogen and oxygen atoms in total. The van der Waals surface area contributed by atoms with Crippen LogP contribution in [0.25, 0.3) is 28.2 Å². The molecule has 152 valence electrons. The minimum Gasteiger partial charge on any atom is -0.507 e. The summed E-state index contributed by atoms with van der Waals surface area (Å²) in [5.41, 5.74) is 6.90. The lowest BCUT2D eigenvalue weighted by molar-refractivity contribution is 0.477. The van der Waals surface area contributed by atoms with Crippen LogP contribution in [0.3, 0.4) is 0 Å². The van der Waals surface area contributed by atoms with E-state index in [9.17, 15) is 5.11 Å². The minimum atomic E-state index is 0.239. The predicted octanol–water partition coefficient (Wildman–Crippen LogP) is 7.16. The van der Waals surface area contributed by atoms with Crippen LogP contribution < -0.4 is 0 Å². The van der Waals surface area contributed by atoms with Gasteiger partial charge in [-0.1, -0.05) is 70.2 Å². The van der Waals surface area contributed by atoms with Gasteiger partial charge >= 0.3 is 0 Å². The standard InChI is InChI=1S/C27H28N2O/c1-18(2)23-16-21(20-10-6-5-7-11-20)17-24(19(3)4)26(23)29-15-14-28-27(29)22-12-8-9-13-25(22)30/h5-19,30H,1-4H3. The summed E-state index contributed by atoms with van der Waals surface area (Å²) >= 11 is 0. The normalized spacial score (nSPS) is 11.4. The van der Waals surface area contributed by atoms with E-state index in [2.05, 4.69) is 79.7 Å². The molecule has 1 aromatic heterocycles. The number of hydrogen-bond donors (Lipinski definition) is 1. The van der Waals surface area contributed by atoms with Gasteiger partial charge in [0.2, 0.25) is 0 Å². The molecule has 4 rings (SSSR count). The molecule has 4 aromatic rings. The first-order valence-corrected chi connectivity index (χ1v) is 10.5. The molecular formula is C27H28N2O. The van der Waals surface area contributed by atoms with E-state index in [0.29, 0.717) is 11.8 Å². The highest BCUT2D eigenvalue weighted by Crippen LogP contribution is 2.38. The van der Waals surface area contributed by atoms with Crippen LogP contribution in [0.15, 0.2) is 79.1 Å². The maximum absolute atomic E-state index is 10.5.